The average Bonchev–Trinajstić information content (AvgIpc) is 2.57. The lowest BCUT2D eigenvalue weighted by Gasteiger charge is -2.09. The van der Waals surface area contributed by atoms with Gasteiger partial charge in [-0.1, -0.05) is 48.5 Å². The molecule has 4 nitrogen and oxygen atoms in total. The van der Waals surface area contributed by atoms with Gasteiger partial charge in [-0.15, -0.1) is 0 Å². The van der Waals surface area contributed by atoms with Crippen molar-refractivity contribution < 1.29 is 9.53 Å². The van der Waals surface area contributed by atoms with Crippen molar-refractivity contribution in [3.63, 3.8) is 0 Å². The first-order valence-corrected chi connectivity index (χ1v) is 7.58. The topological polar surface area (TPSA) is 50.4 Å². The predicted molar refractivity (Wildman–Crippen MR) is 88.1 cm³/mol. The number of benzene rings is 2. The molecular formula is C18H22N2O2. The number of carbonyl (C=O) groups is 1. The summed E-state index contributed by atoms with van der Waals surface area (Å²) in [5.74, 6) is 0.813. The largest absolute Gasteiger partial charge is 0.492 e. The third-order valence-corrected chi connectivity index (χ3v) is 3.17. The van der Waals surface area contributed by atoms with Crippen molar-refractivity contribution in [3.05, 3.63) is 66.2 Å². The lowest BCUT2D eigenvalue weighted by atomic mass is 10.1. The molecule has 0 heterocycles. The first kappa shape index (κ1) is 15.9. The Labute approximate surface area is 131 Å². The molecule has 0 aliphatic rings. The minimum atomic E-state index is -0.148. The highest BCUT2D eigenvalue weighted by atomic mass is 16.5. The van der Waals surface area contributed by atoms with Crippen LogP contribution in [-0.4, -0.2) is 25.7 Å². The fraction of sp³-hybridized carbons (Fsp3) is 0.278. The van der Waals surface area contributed by atoms with Gasteiger partial charge in [0.2, 0.25) is 0 Å². The van der Waals surface area contributed by atoms with Crippen molar-refractivity contribution in [2.24, 2.45) is 0 Å². The summed E-state index contributed by atoms with van der Waals surface area (Å²) in [5.41, 5.74) is 1.29. The highest BCUT2D eigenvalue weighted by Gasteiger charge is 1.99. The minimum Gasteiger partial charge on any atom is -0.492 e. The van der Waals surface area contributed by atoms with Crippen molar-refractivity contribution in [1.82, 2.24) is 10.6 Å². The van der Waals surface area contributed by atoms with Crippen molar-refractivity contribution >= 4 is 6.03 Å². The number of ether oxygens (including phenoxy) is 1. The fourth-order valence-electron chi connectivity index (χ4n) is 2.05. The summed E-state index contributed by atoms with van der Waals surface area (Å²) in [6.45, 7) is 1.61. The summed E-state index contributed by atoms with van der Waals surface area (Å²) in [7, 11) is 0. The van der Waals surface area contributed by atoms with E-state index in [0.717, 1.165) is 18.6 Å². The van der Waals surface area contributed by atoms with E-state index in [1.807, 2.05) is 48.5 Å². The fourth-order valence-corrected chi connectivity index (χ4v) is 2.05. The maximum absolute atomic E-state index is 11.6. The van der Waals surface area contributed by atoms with Crippen LogP contribution >= 0.6 is 0 Å². The van der Waals surface area contributed by atoms with Gasteiger partial charge in [-0.2, -0.15) is 0 Å². The van der Waals surface area contributed by atoms with Crippen LogP contribution in [0.2, 0.25) is 0 Å². The molecule has 0 spiro atoms. The van der Waals surface area contributed by atoms with Gasteiger partial charge in [-0.05, 0) is 30.5 Å². The second-order valence-electron chi connectivity index (χ2n) is 4.93. The number of carbonyl (C=O) groups excluding carboxylic acids is 1. The normalized spacial score (nSPS) is 10.0. The van der Waals surface area contributed by atoms with Crippen molar-refractivity contribution in [1.29, 1.82) is 0 Å². The average molecular weight is 298 g/mol. The molecule has 2 aromatic rings. The second-order valence-corrected chi connectivity index (χ2v) is 4.93. The van der Waals surface area contributed by atoms with E-state index in [1.54, 1.807) is 0 Å². The summed E-state index contributed by atoms with van der Waals surface area (Å²) < 4.78 is 5.50. The van der Waals surface area contributed by atoms with Gasteiger partial charge in [0, 0.05) is 6.54 Å². The van der Waals surface area contributed by atoms with E-state index in [2.05, 4.69) is 22.8 Å². The van der Waals surface area contributed by atoms with Crippen molar-refractivity contribution in [2.75, 3.05) is 19.7 Å². The number of hydrogen-bond donors (Lipinski definition) is 2. The number of urea groups is 1. The molecule has 2 N–H and O–H groups in total. The van der Waals surface area contributed by atoms with Crippen LogP contribution in [0.25, 0.3) is 0 Å². The van der Waals surface area contributed by atoms with Crippen LogP contribution < -0.4 is 15.4 Å². The Balaban J connectivity index is 1.49. The number of nitrogens with one attached hydrogen (secondary N) is 2. The van der Waals surface area contributed by atoms with Gasteiger partial charge in [0.05, 0.1) is 6.54 Å². The molecule has 2 amide bonds. The van der Waals surface area contributed by atoms with Crippen LogP contribution in [0.15, 0.2) is 60.7 Å². The smallest absolute Gasteiger partial charge is 0.314 e. The Morgan fingerprint density at radius 2 is 1.50 bits per heavy atom. The Morgan fingerprint density at radius 3 is 2.23 bits per heavy atom. The van der Waals surface area contributed by atoms with Crippen molar-refractivity contribution in [3.8, 4) is 5.75 Å². The molecule has 22 heavy (non-hydrogen) atoms. The maximum Gasteiger partial charge on any atom is 0.314 e. The third-order valence-electron chi connectivity index (χ3n) is 3.17. The molecule has 0 unspecified atom stereocenters. The quantitative estimate of drug-likeness (QED) is 0.736. The van der Waals surface area contributed by atoms with Crippen LogP contribution in [-0.2, 0) is 6.42 Å². The zero-order valence-corrected chi connectivity index (χ0v) is 12.6. The van der Waals surface area contributed by atoms with E-state index in [4.69, 9.17) is 4.74 Å². The Kier molecular flexibility index (Phi) is 6.82. The molecule has 2 rings (SSSR count). The number of amides is 2. The zero-order valence-electron chi connectivity index (χ0n) is 12.6. The van der Waals surface area contributed by atoms with Crippen LogP contribution in [0.5, 0.6) is 5.75 Å². The van der Waals surface area contributed by atoms with E-state index in [-0.39, 0.29) is 6.03 Å². The van der Waals surface area contributed by atoms with Crippen LogP contribution in [0, 0.1) is 0 Å². The van der Waals surface area contributed by atoms with Crippen LogP contribution in [0.4, 0.5) is 4.79 Å². The molecule has 4 heteroatoms. The molecule has 0 aromatic heterocycles. The van der Waals surface area contributed by atoms with E-state index in [9.17, 15) is 4.79 Å². The second kappa shape index (κ2) is 9.45. The van der Waals surface area contributed by atoms with E-state index < -0.39 is 0 Å². The molecule has 0 fully saturated rings. The maximum atomic E-state index is 11.6. The van der Waals surface area contributed by atoms with Gasteiger partial charge < -0.3 is 15.4 Å². The zero-order chi connectivity index (χ0) is 15.5. The predicted octanol–water partition coefficient (Wildman–Crippen LogP) is 3.00. The lowest BCUT2D eigenvalue weighted by Crippen LogP contribution is -2.38. The number of hydrogen-bond acceptors (Lipinski definition) is 2. The Hall–Kier alpha value is -2.49. The van der Waals surface area contributed by atoms with E-state index in [0.29, 0.717) is 19.7 Å². The van der Waals surface area contributed by atoms with Crippen LogP contribution in [0.1, 0.15) is 12.0 Å². The highest BCUT2D eigenvalue weighted by molar-refractivity contribution is 5.73. The summed E-state index contributed by atoms with van der Waals surface area (Å²) in [6, 6.07) is 19.7. The SMILES string of the molecule is O=C(NCCCc1ccccc1)NCCOc1ccccc1. The molecule has 0 bridgehead atoms. The lowest BCUT2D eigenvalue weighted by molar-refractivity contribution is 0.236. The van der Waals surface area contributed by atoms with Gasteiger partial charge in [0.15, 0.2) is 0 Å². The molecule has 2 aromatic carbocycles. The first-order valence-electron chi connectivity index (χ1n) is 7.58. The molecule has 0 saturated heterocycles. The highest BCUT2D eigenvalue weighted by Crippen LogP contribution is 2.07. The standard InChI is InChI=1S/C18H22N2O2/c21-18(19-13-7-10-16-8-3-1-4-9-16)20-14-15-22-17-11-5-2-6-12-17/h1-6,8-9,11-12H,7,10,13-15H2,(H2,19,20,21). The van der Waals surface area contributed by atoms with Crippen molar-refractivity contribution in [2.45, 2.75) is 12.8 Å². The Bertz CT molecular complexity index is 494. The van der Waals surface area contributed by atoms with E-state index in [1.165, 1.54) is 5.56 Å². The summed E-state index contributed by atoms with van der Waals surface area (Å²) in [6.07, 6.45) is 1.90. The number of rotatable bonds is 8. The molecular weight excluding hydrogens is 276 g/mol. The van der Waals surface area contributed by atoms with Crippen LogP contribution in [0.3, 0.4) is 0 Å². The third kappa shape index (κ3) is 6.31. The molecule has 0 aliphatic heterocycles. The molecule has 0 aliphatic carbocycles. The molecule has 0 saturated carbocycles. The minimum absolute atomic E-state index is 0.148. The van der Waals surface area contributed by atoms with Gasteiger partial charge in [-0.25, -0.2) is 4.79 Å². The van der Waals surface area contributed by atoms with E-state index >= 15 is 0 Å². The first-order chi connectivity index (χ1) is 10.8. The Morgan fingerprint density at radius 1 is 0.864 bits per heavy atom. The summed E-state index contributed by atoms with van der Waals surface area (Å²) >= 11 is 0. The molecule has 0 atom stereocenters. The number of aryl methyl sites for hydroxylation is 1. The number of para-hydroxylation sites is 1. The summed E-state index contributed by atoms with van der Waals surface area (Å²) in [4.78, 5) is 11.6. The molecule has 0 radical (unpaired) electrons. The summed E-state index contributed by atoms with van der Waals surface area (Å²) in [5, 5.41) is 5.62. The van der Waals surface area contributed by atoms with Gasteiger partial charge >= 0.3 is 6.03 Å². The molecule has 116 valence electrons. The monoisotopic (exact) mass is 298 g/mol. The van der Waals surface area contributed by atoms with Gasteiger partial charge in [0.1, 0.15) is 12.4 Å². The van der Waals surface area contributed by atoms with Gasteiger partial charge in [-0.3, -0.25) is 0 Å². The van der Waals surface area contributed by atoms with Gasteiger partial charge in [0.25, 0.3) is 0 Å².